The third-order valence-electron chi connectivity index (χ3n) is 12.5. The summed E-state index contributed by atoms with van der Waals surface area (Å²) in [6, 6.07) is 71.5. The van der Waals surface area contributed by atoms with E-state index in [9.17, 15) is 0 Å². The SMILES string of the molecule is C=C.C=C1/C=C\C=Nc2ccc(-c3cccc(-c4cccc(C)c4)c3)cc2C12c1ccccc1C(CC)c1ccccc12.CCC.CCc1ccc(-c2ccccc2)cc1.NCc1ccccc1. The third kappa shape index (κ3) is 11.4. The van der Waals surface area contributed by atoms with E-state index < -0.39 is 5.41 Å². The van der Waals surface area contributed by atoms with E-state index in [1.54, 1.807) is 0 Å². The van der Waals surface area contributed by atoms with Crippen LogP contribution >= 0.6 is 0 Å². The van der Waals surface area contributed by atoms with E-state index in [-0.39, 0.29) is 0 Å². The maximum absolute atomic E-state index is 5.35. The van der Waals surface area contributed by atoms with Gasteiger partial charge in [0.15, 0.2) is 0 Å². The largest absolute Gasteiger partial charge is 0.326 e. The normalized spacial score (nSPS) is 15.3. The smallest absolute Gasteiger partial charge is 0.0722 e. The fourth-order valence-electron chi connectivity index (χ4n) is 9.26. The van der Waals surface area contributed by atoms with E-state index in [0.29, 0.717) is 12.5 Å². The zero-order chi connectivity index (χ0) is 48.3. The van der Waals surface area contributed by atoms with Gasteiger partial charge in [0, 0.05) is 18.7 Å². The summed E-state index contributed by atoms with van der Waals surface area (Å²) in [7, 11) is 0. The molecular formula is C66H68N2. The molecule has 1 spiro atoms. The van der Waals surface area contributed by atoms with Gasteiger partial charge in [-0.2, -0.15) is 0 Å². The summed E-state index contributed by atoms with van der Waals surface area (Å²) in [4.78, 5) is 4.97. The number of hydrogen-bond donors (Lipinski definition) is 1. The van der Waals surface area contributed by atoms with Gasteiger partial charge in [-0.3, -0.25) is 4.99 Å². The number of aryl methyl sites for hydroxylation is 2. The molecule has 342 valence electrons. The molecule has 2 aliphatic rings. The van der Waals surface area contributed by atoms with Gasteiger partial charge in [0.2, 0.25) is 0 Å². The minimum absolute atomic E-state index is 0.344. The second-order valence-corrected chi connectivity index (χ2v) is 17.0. The lowest BCUT2D eigenvalue weighted by Gasteiger charge is -2.46. The third-order valence-corrected chi connectivity index (χ3v) is 12.5. The zero-order valence-electron chi connectivity index (χ0n) is 40.8. The fraction of sp³-hybridized carbons (Fsp3) is 0.167. The molecule has 0 amide bonds. The predicted molar refractivity (Wildman–Crippen MR) is 296 cm³/mol. The lowest BCUT2D eigenvalue weighted by Crippen LogP contribution is -2.37. The minimum Gasteiger partial charge on any atom is -0.326 e. The number of hydrogen-bond acceptors (Lipinski definition) is 2. The van der Waals surface area contributed by atoms with Crippen LogP contribution in [0.1, 0.15) is 91.0 Å². The summed E-state index contributed by atoms with van der Waals surface area (Å²) >= 11 is 0. The lowest BCUT2D eigenvalue weighted by atomic mass is 9.56. The van der Waals surface area contributed by atoms with E-state index >= 15 is 0 Å². The first-order valence-corrected chi connectivity index (χ1v) is 24.1. The molecule has 1 aliphatic carbocycles. The molecule has 68 heavy (non-hydrogen) atoms. The standard InChI is InChI=1S/C40H33N.C14H14.C7H9N.C3H8.C2H4/c1-4-33-34-17-5-7-19-36(34)40(37-20-8-6-18-35(33)37)28(3)13-11-23-41-39-22-21-32(26-38(39)40)31-16-10-15-30(25-31)29-14-9-12-27(2)24-29;1-2-12-8-10-14(11-9-12)13-6-4-3-5-7-13;8-6-7-4-2-1-3-5-7;1-3-2;1-2/h5-26,33H,3-4H2,1-2H3;3-11H,2H2,1H3;1-5H,6,8H2;3H2,1-2H3;1-2H2/b13-11-,41-23?;;;;. The molecule has 1 heterocycles. The van der Waals surface area contributed by atoms with Crippen molar-refractivity contribution in [3.05, 3.63) is 282 Å². The van der Waals surface area contributed by atoms with Crippen LogP contribution in [0.3, 0.4) is 0 Å². The molecule has 0 unspecified atom stereocenters. The summed E-state index contributed by atoms with van der Waals surface area (Å²) < 4.78 is 0. The molecule has 2 nitrogen and oxygen atoms in total. The number of allylic oxidation sites excluding steroid dienone is 3. The summed E-state index contributed by atoms with van der Waals surface area (Å²) in [6.45, 7) is 22.3. The van der Waals surface area contributed by atoms with Gasteiger partial charge in [0.25, 0.3) is 0 Å². The van der Waals surface area contributed by atoms with Crippen molar-refractivity contribution in [1.29, 1.82) is 0 Å². The first-order chi connectivity index (χ1) is 33.4. The van der Waals surface area contributed by atoms with Crippen molar-refractivity contribution in [2.24, 2.45) is 10.7 Å². The Morgan fingerprint density at radius 3 is 1.53 bits per heavy atom. The highest BCUT2D eigenvalue weighted by atomic mass is 14.7. The molecule has 8 aromatic carbocycles. The number of fused-ring (bicyclic) bond motifs is 6. The van der Waals surface area contributed by atoms with Gasteiger partial charge in [-0.25, -0.2) is 0 Å². The van der Waals surface area contributed by atoms with E-state index in [0.717, 1.165) is 24.1 Å². The van der Waals surface area contributed by atoms with Crippen molar-refractivity contribution in [3.8, 4) is 33.4 Å². The quantitative estimate of drug-likeness (QED) is 0.166. The van der Waals surface area contributed by atoms with Gasteiger partial charge in [-0.05, 0) is 122 Å². The molecule has 2 heteroatoms. The van der Waals surface area contributed by atoms with Gasteiger partial charge >= 0.3 is 0 Å². The molecule has 0 saturated heterocycles. The van der Waals surface area contributed by atoms with Crippen molar-refractivity contribution in [2.45, 2.75) is 71.8 Å². The van der Waals surface area contributed by atoms with E-state index in [1.165, 1.54) is 84.3 Å². The average molecular weight is 889 g/mol. The maximum Gasteiger partial charge on any atom is 0.0722 e. The lowest BCUT2D eigenvalue weighted by molar-refractivity contribution is 0.640. The Morgan fingerprint density at radius 1 is 0.500 bits per heavy atom. The van der Waals surface area contributed by atoms with Gasteiger partial charge in [-0.15, -0.1) is 13.2 Å². The highest BCUT2D eigenvalue weighted by molar-refractivity contribution is 5.84. The average Bonchev–Trinajstić information content (AvgIpc) is 3.40. The van der Waals surface area contributed by atoms with Crippen molar-refractivity contribution >= 4 is 11.9 Å². The predicted octanol–water partition coefficient (Wildman–Crippen LogP) is 17.6. The van der Waals surface area contributed by atoms with Crippen LogP contribution in [-0.4, -0.2) is 6.21 Å². The summed E-state index contributed by atoms with van der Waals surface area (Å²) in [6.07, 6.45) is 9.48. The van der Waals surface area contributed by atoms with Crippen LogP contribution in [0.2, 0.25) is 0 Å². The number of benzene rings is 8. The van der Waals surface area contributed by atoms with Crippen LogP contribution < -0.4 is 5.73 Å². The first-order valence-electron chi connectivity index (χ1n) is 24.1. The highest BCUT2D eigenvalue weighted by Crippen LogP contribution is 2.57. The maximum atomic E-state index is 5.35. The first kappa shape index (κ1) is 50.0. The van der Waals surface area contributed by atoms with Crippen LogP contribution in [0.25, 0.3) is 33.4 Å². The summed E-state index contributed by atoms with van der Waals surface area (Å²) in [5.41, 5.74) is 24.6. The van der Waals surface area contributed by atoms with Gasteiger partial charge in [0.1, 0.15) is 0 Å². The molecule has 0 fully saturated rings. The molecule has 0 bridgehead atoms. The Balaban J connectivity index is 0.000000229. The molecule has 1 aliphatic heterocycles. The number of nitrogens with two attached hydrogens (primary N) is 1. The van der Waals surface area contributed by atoms with Crippen LogP contribution in [0.15, 0.2) is 243 Å². The van der Waals surface area contributed by atoms with Crippen molar-refractivity contribution in [1.82, 2.24) is 0 Å². The molecule has 10 rings (SSSR count). The minimum atomic E-state index is -0.549. The fourth-order valence-corrected chi connectivity index (χ4v) is 9.26. The van der Waals surface area contributed by atoms with Gasteiger partial charge < -0.3 is 5.73 Å². The Morgan fingerprint density at radius 2 is 0.985 bits per heavy atom. The number of rotatable bonds is 6. The van der Waals surface area contributed by atoms with E-state index in [4.69, 9.17) is 17.3 Å². The monoisotopic (exact) mass is 889 g/mol. The van der Waals surface area contributed by atoms with Crippen LogP contribution in [0.5, 0.6) is 0 Å². The van der Waals surface area contributed by atoms with Crippen molar-refractivity contribution in [3.63, 3.8) is 0 Å². The Bertz CT molecular complexity index is 2850. The van der Waals surface area contributed by atoms with Crippen molar-refractivity contribution in [2.75, 3.05) is 0 Å². The molecule has 2 N–H and O–H groups in total. The molecule has 0 atom stereocenters. The number of nitrogens with zero attached hydrogens (tertiary/aromatic N) is 1. The summed E-state index contributed by atoms with van der Waals surface area (Å²) in [5, 5.41) is 0. The topological polar surface area (TPSA) is 38.4 Å². The number of aliphatic imine (C=N–C) groups is 1. The van der Waals surface area contributed by atoms with Crippen LogP contribution in [-0.2, 0) is 18.4 Å². The van der Waals surface area contributed by atoms with Crippen LogP contribution in [0, 0.1) is 6.92 Å². The van der Waals surface area contributed by atoms with E-state index in [2.05, 4.69) is 218 Å². The second-order valence-electron chi connectivity index (χ2n) is 17.0. The Hall–Kier alpha value is -7.39. The van der Waals surface area contributed by atoms with Gasteiger partial charge in [0.05, 0.1) is 11.1 Å². The molecule has 0 aromatic heterocycles. The highest BCUT2D eigenvalue weighted by Gasteiger charge is 2.47. The van der Waals surface area contributed by atoms with Gasteiger partial charge in [-0.1, -0.05) is 234 Å². The Kier molecular flexibility index (Phi) is 18.4. The Labute approximate surface area is 408 Å². The van der Waals surface area contributed by atoms with Crippen LogP contribution in [0.4, 0.5) is 5.69 Å². The van der Waals surface area contributed by atoms with Crippen molar-refractivity contribution < 1.29 is 0 Å². The second kappa shape index (κ2) is 24.9. The molecule has 0 saturated carbocycles. The summed E-state index contributed by atoms with van der Waals surface area (Å²) in [5.74, 6) is 0.344. The molecular weight excluding hydrogens is 821 g/mol. The molecule has 0 radical (unpaired) electrons. The molecule has 8 aromatic rings. The zero-order valence-corrected chi connectivity index (χ0v) is 40.8. The van der Waals surface area contributed by atoms with E-state index in [1.807, 2.05) is 48.7 Å².